The molecule has 3 saturated heterocycles. The fourth-order valence-electron chi connectivity index (χ4n) is 7.45. The summed E-state index contributed by atoms with van der Waals surface area (Å²) in [7, 11) is 1.58. The Morgan fingerprint density at radius 3 is 2.09 bits per heavy atom. The zero-order valence-corrected chi connectivity index (χ0v) is 27.3. The first kappa shape index (κ1) is 32.6. The third-order valence-electron chi connectivity index (χ3n) is 9.45. The number of methoxy groups -OCH3 is 1. The zero-order valence-electron chi connectivity index (χ0n) is 26.5. The van der Waals surface area contributed by atoms with E-state index in [0.717, 1.165) is 0 Å². The fraction of sp³-hybridized carbons (Fsp3) is 0.457. The van der Waals surface area contributed by atoms with E-state index in [1.54, 1.807) is 64.8 Å². The van der Waals surface area contributed by atoms with Crippen LogP contribution in [-0.2, 0) is 14.4 Å². The Morgan fingerprint density at radius 2 is 1.58 bits per heavy atom. The fourth-order valence-corrected chi connectivity index (χ4v) is 9.78. The molecule has 3 fully saturated rings. The van der Waals surface area contributed by atoms with Crippen molar-refractivity contribution < 1.29 is 29.0 Å². The Morgan fingerprint density at radius 1 is 1.02 bits per heavy atom. The molecule has 0 saturated carbocycles. The SMILES string of the molecule is C=CCN(C(=O)C1N([C@H](C)CO)C(=O)[C@@H]2[C@@H](C(=O)N(CC=C)c3ccc(OCC)cc3)[C@@]3(C)CCC12S3)c1ccc(OC)cc1. The minimum atomic E-state index is -0.873. The Labute approximate surface area is 269 Å². The van der Waals surface area contributed by atoms with Crippen LogP contribution in [0.25, 0.3) is 0 Å². The molecule has 3 aliphatic rings. The number of hydrogen-bond donors (Lipinski definition) is 1. The molecular weight excluding hydrogens is 590 g/mol. The third-order valence-corrected chi connectivity index (χ3v) is 11.4. The lowest BCUT2D eigenvalue weighted by atomic mass is 9.66. The first-order valence-electron chi connectivity index (χ1n) is 15.4. The molecule has 240 valence electrons. The Bertz CT molecular complexity index is 1450. The Hall–Kier alpha value is -3.76. The van der Waals surface area contributed by atoms with Crippen LogP contribution in [0.4, 0.5) is 11.4 Å². The molecule has 5 rings (SSSR count). The molecule has 2 bridgehead atoms. The highest BCUT2D eigenvalue weighted by atomic mass is 32.2. The van der Waals surface area contributed by atoms with Crippen molar-refractivity contribution in [2.75, 3.05) is 43.2 Å². The van der Waals surface area contributed by atoms with E-state index in [-0.39, 0.29) is 37.4 Å². The highest BCUT2D eigenvalue weighted by Gasteiger charge is 2.78. The van der Waals surface area contributed by atoms with Crippen LogP contribution >= 0.6 is 11.8 Å². The van der Waals surface area contributed by atoms with Crippen LogP contribution in [0.1, 0.15) is 33.6 Å². The van der Waals surface area contributed by atoms with E-state index >= 15 is 0 Å². The summed E-state index contributed by atoms with van der Waals surface area (Å²) >= 11 is 1.61. The van der Waals surface area contributed by atoms with E-state index < -0.39 is 33.4 Å². The number of amides is 3. The number of ether oxygens (including phenoxy) is 2. The second kappa shape index (κ2) is 12.9. The molecule has 1 spiro atoms. The van der Waals surface area contributed by atoms with Crippen LogP contribution in [0.2, 0.25) is 0 Å². The molecule has 2 unspecified atom stereocenters. The summed E-state index contributed by atoms with van der Waals surface area (Å²) in [5.41, 5.74) is 1.33. The standard InChI is InChI=1S/C35H43N3O6S/c1-7-20-36(24-12-16-27(17-13-24)44-9-3)31(40)28-29-32(41)38(23(4)22-39)30(35(29)19-18-34(28,5)45-35)33(42)37(21-8-2)25-10-14-26(43-6)15-11-25/h7-8,10-17,23,28-30,39H,1-2,9,18-22H2,3-6H3/t23-,28+,29+,30?,34-,35?/m1/s1. The molecule has 2 aromatic carbocycles. The number of carbonyl (C=O) groups excluding carboxylic acids is 3. The van der Waals surface area contributed by atoms with Gasteiger partial charge in [0, 0.05) is 29.2 Å². The van der Waals surface area contributed by atoms with Gasteiger partial charge in [0.1, 0.15) is 17.5 Å². The lowest BCUT2D eigenvalue weighted by Gasteiger charge is -2.39. The number of carbonyl (C=O) groups is 3. The lowest BCUT2D eigenvalue weighted by Crippen LogP contribution is -2.57. The van der Waals surface area contributed by atoms with E-state index in [2.05, 4.69) is 20.1 Å². The molecule has 2 aromatic rings. The average molecular weight is 634 g/mol. The molecule has 9 nitrogen and oxygen atoms in total. The van der Waals surface area contributed by atoms with Crippen LogP contribution in [0, 0.1) is 11.8 Å². The van der Waals surface area contributed by atoms with Crippen LogP contribution in [0.3, 0.4) is 0 Å². The van der Waals surface area contributed by atoms with Crippen molar-refractivity contribution in [3.8, 4) is 11.5 Å². The smallest absolute Gasteiger partial charge is 0.251 e. The van der Waals surface area contributed by atoms with Crippen molar-refractivity contribution in [3.63, 3.8) is 0 Å². The number of benzene rings is 2. The molecule has 3 aliphatic heterocycles. The van der Waals surface area contributed by atoms with Crippen molar-refractivity contribution >= 4 is 40.9 Å². The van der Waals surface area contributed by atoms with Crippen molar-refractivity contribution in [1.29, 1.82) is 0 Å². The van der Waals surface area contributed by atoms with Gasteiger partial charge in [0.05, 0.1) is 42.9 Å². The first-order chi connectivity index (χ1) is 21.6. The summed E-state index contributed by atoms with van der Waals surface area (Å²) in [5, 5.41) is 10.3. The van der Waals surface area contributed by atoms with E-state index in [0.29, 0.717) is 42.3 Å². The molecule has 3 amide bonds. The molecule has 0 aromatic heterocycles. The molecular formula is C35H43N3O6S. The van der Waals surface area contributed by atoms with Crippen molar-refractivity contribution in [1.82, 2.24) is 4.90 Å². The number of aliphatic hydroxyl groups excluding tert-OH is 1. The minimum absolute atomic E-state index is 0.170. The van der Waals surface area contributed by atoms with Gasteiger partial charge in [-0.2, -0.15) is 0 Å². The van der Waals surface area contributed by atoms with Gasteiger partial charge in [0.2, 0.25) is 11.8 Å². The summed E-state index contributed by atoms with van der Waals surface area (Å²) in [4.78, 5) is 48.8. The van der Waals surface area contributed by atoms with Crippen molar-refractivity contribution in [3.05, 3.63) is 73.8 Å². The highest BCUT2D eigenvalue weighted by Crippen LogP contribution is 2.72. The maximum atomic E-state index is 14.8. The molecule has 1 N–H and O–H groups in total. The summed E-state index contributed by atoms with van der Waals surface area (Å²) in [6.07, 6.45) is 4.62. The van der Waals surface area contributed by atoms with Gasteiger partial charge in [-0.3, -0.25) is 14.4 Å². The quantitative estimate of drug-likeness (QED) is 0.320. The summed E-state index contributed by atoms with van der Waals surface area (Å²) in [6, 6.07) is 13.0. The molecule has 6 atom stereocenters. The Kier molecular flexibility index (Phi) is 9.37. The van der Waals surface area contributed by atoms with Crippen molar-refractivity contribution in [2.24, 2.45) is 11.8 Å². The monoisotopic (exact) mass is 633 g/mol. The number of fused-ring (bicyclic) bond motifs is 1. The zero-order chi connectivity index (χ0) is 32.5. The van der Waals surface area contributed by atoms with Crippen LogP contribution in [-0.4, -0.2) is 82.7 Å². The Balaban J connectivity index is 1.57. The molecule has 3 heterocycles. The predicted molar refractivity (Wildman–Crippen MR) is 178 cm³/mol. The minimum Gasteiger partial charge on any atom is -0.497 e. The molecule has 45 heavy (non-hydrogen) atoms. The van der Waals surface area contributed by atoms with E-state index in [9.17, 15) is 19.5 Å². The van der Waals surface area contributed by atoms with Gasteiger partial charge in [0.15, 0.2) is 0 Å². The summed E-state index contributed by atoms with van der Waals surface area (Å²) in [6.45, 7) is 14.2. The van der Waals surface area contributed by atoms with Gasteiger partial charge < -0.3 is 29.3 Å². The van der Waals surface area contributed by atoms with Gasteiger partial charge in [-0.15, -0.1) is 24.9 Å². The van der Waals surface area contributed by atoms with Crippen molar-refractivity contribution in [2.45, 2.75) is 55.2 Å². The van der Waals surface area contributed by atoms with Gasteiger partial charge in [0.25, 0.3) is 5.91 Å². The number of thioether (sulfide) groups is 1. The average Bonchev–Trinajstić information content (AvgIpc) is 3.62. The highest BCUT2D eigenvalue weighted by molar-refractivity contribution is 8.02. The van der Waals surface area contributed by atoms with Gasteiger partial charge in [-0.25, -0.2) is 0 Å². The topological polar surface area (TPSA) is 99.6 Å². The summed E-state index contributed by atoms with van der Waals surface area (Å²) in [5.74, 6) is -0.722. The molecule has 10 heteroatoms. The van der Waals surface area contributed by atoms with Gasteiger partial charge >= 0.3 is 0 Å². The van der Waals surface area contributed by atoms with Gasteiger partial charge in [-0.05, 0) is 82.1 Å². The second-order valence-corrected chi connectivity index (χ2v) is 14.0. The maximum Gasteiger partial charge on any atom is 0.251 e. The maximum absolute atomic E-state index is 14.8. The predicted octanol–water partition coefficient (Wildman–Crippen LogP) is 4.69. The van der Waals surface area contributed by atoms with E-state index in [4.69, 9.17) is 9.47 Å². The number of aliphatic hydroxyl groups is 1. The molecule has 0 aliphatic carbocycles. The molecule has 0 radical (unpaired) electrons. The second-order valence-electron chi connectivity index (χ2n) is 12.1. The third kappa shape index (κ3) is 5.42. The van der Waals surface area contributed by atoms with E-state index in [1.807, 2.05) is 43.3 Å². The number of hydrogen-bond acceptors (Lipinski definition) is 7. The van der Waals surface area contributed by atoms with Crippen LogP contribution in [0.5, 0.6) is 11.5 Å². The number of likely N-dealkylation sites (tertiary alicyclic amines) is 1. The normalized spacial score (nSPS) is 27.1. The first-order valence-corrected chi connectivity index (χ1v) is 16.3. The van der Waals surface area contributed by atoms with Crippen LogP contribution in [0.15, 0.2) is 73.8 Å². The van der Waals surface area contributed by atoms with Crippen LogP contribution < -0.4 is 19.3 Å². The summed E-state index contributed by atoms with van der Waals surface area (Å²) < 4.78 is 9.52. The number of rotatable bonds is 13. The van der Waals surface area contributed by atoms with E-state index in [1.165, 1.54) is 0 Å². The van der Waals surface area contributed by atoms with Gasteiger partial charge in [-0.1, -0.05) is 12.2 Å². The number of nitrogens with zero attached hydrogens (tertiary/aromatic N) is 3. The lowest BCUT2D eigenvalue weighted by molar-refractivity contribution is -0.142. The largest absolute Gasteiger partial charge is 0.497 e. The number of anilines is 2.